The second-order valence-corrected chi connectivity index (χ2v) is 27.6. The van der Waals surface area contributed by atoms with Crippen LogP contribution in [0.2, 0.25) is 25.1 Å². The number of nitrogens with one attached hydrogen (secondary N) is 1. The minimum Gasteiger partial charge on any atom is -0.507 e. The first-order valence-corrected chi connectivity index (χ1v) is 37.4. The van der Waals surface area contributed by atoms with E-state index < -0.39 is 29.6 Å². The van der Waals surface area contributed by atoms with Crippen LogP contribution in [0.15, 0.2) is 224 Å². The monoisotopic (exact) mass is 1650 g/mol. The van der Waals surface area contributed by atoms with Crippen LogP contribution in [0.1, 0.15) is 97.1 Å². The van der Waals surface area contributed by atoms with E-state index in [1.54, 1.807) is 18.2 Å². The number of phenolic OH excluding ortho intramolecular Hbond substituents is 8. The summed E-state index contributed by atoms with van der Waals surface area (Å²) in [5.74, 6) is -1.66. The molecule has 0 bridgehead atoms. The minimum absolute atomic E-state index is 0.00676. The Labute approximate surface area is 689 Å². The van der Waals surface area contributed by atoms with E-state index >= 15 is 0 Å². The Morgan fingerprint density at radius 3 is 0.991 bits per heavy atom. The lowest BCUT2D eigenvalue weighted by atomic mass is 9.97. The van der Waals surface area contributed by atoms with E-state index in [0.717, 1.165) is 74.8 Å². The highest BCUT2D eigenvalue weighted by Crippen LogP contribution is 2.43. The number of ether oxygens (including phenoxy) is 7. The van der Waals surface area contributed by atoms with Gasteiger partial charge in [-0.25, -0.2) is 19.2 Å². The number of para-hydroxylation sites is 6. The summed E-state index contributed by atoms with van der Waals surface area (Å²) in [4.78, 5) is 48.5. The van der Waals surface area contributed by atoms with Gasteiger partial charge in [0.25, 0.3) is 0 Å². The zero-order valence-electron chi connectivity index (χ0n) is 63.0. The van der Waals surface area contributed by atoms with Gasteiger partial charge in [0, 0.05) is 35.6 Å². The quantitative estimate of drug-likeness (QED) is 0.0201. The van der Waals surface area contributed by atoms with Gasteiger partial charge in [-0.05, 0) is 188 Å². The smallest absolute Gasteiger partial charge is 0.341 e. The highest BCUT2D eigenvalue weighted by molar-refractivity contribution is 6.35. The lowest BCUT2D eigenvalue weighted by molar-refractivity contribution is 0.0586. The molecule has 115 heavy (non-hydrogen) atoms. The van der Waals surface area contributed by atoms with Crippen molar-refractivity contribution >= 4 is 93.3 Å². The van der Waals surface area contributed by atoms with E-state index in [1.165, 1.54) is 28.4 Å². The van der Waals surface area contributed by atoms with Crippen LogP contribution in [-0.4, -0.2) is 93.2 Å². The largest absolute Gasteiger partial charge is 0.507 e. The molecule has 0 saturated heterocycles. The van der Waals surface area contributed by atoms with E-state index in [4.69, 9.17) is 91.2 Å². The standard InChI is InChI=1S/2C23H21ClO5.C22H18Cl2O5.C22H20ClNO4/c1-14-6-5-8-16(12-14)29-20-9-4-3-7-15(20)10-11-17-21(23(27)28-2)18(25)13-19(26)22(17)24;1-14-7-10-16(11-8-14)29-20-6-4-3-5-15(20)9-12-17-21(23(27)28-2)18(25)13-19(26)22(17)24;1-28-22(27)20-14(21(24)17(26)12-16(20)25)11-10-13-6-2-4-8-18(13)29-19-9-5-3-7-15(19)23;1-28-22(27)20-16(21(23)19(26)13-18(20)25)12-11-14-7-5-6-10-17(14)24-15-8-3-2-4-9-15/h3-9,12-13,25-26H,10-11H2,1-2H3;3-8,10-11,13,25-26H,9,12H2,1-2H3;2-9,12,25-26H,10-11H2,1H3;2-10,13,24-26H,11-12H2,1H3. The summed E-state index contributed by atoms with van der Waals surface area (Å²) in [5, 5.41) is 84.2. The van der Waals surface area contributed by atoms with Crippen molar-refractivity contribution in [3.8, 4) is 80.5 Å². The van der Waals surface area contributed by atoms with Crippen LogP contribution in [0.5, 0.6) is 80.5 Å². The molecule has 0 radical (unpaired) electrons. The number of carbonyl (C=O) groups is 4. The Morgan fingerprint density at radius 2 is 0.617 bits per heavy atom. The number of hydrogen-bond donors (Lipinski definition) is 9. The molecule has 12 aromatic rings. The van der Waals surface area contributed by atoms with Crippen molar-refractivity contribution in [1.82, 2.24) is 0 Å². The lowest BCUT2D eigenvalue weighted by Gasteiger charge is -2.15. The third-order valence-corrected chi connectivity index (χ3v) is 19.9. The van der Waals surface area contributed by atoms with Gasteiger partial charge in [-0.2, -0.15) is 0 Å². The molecule has 0 unspecified atom stereocenters. The Kier molecular flexibility index (Phi) is 31.1. The van der Waals surface area contributed by atoms with E-state index in [9.17, 15) is 60.0 Å². The van der Waals surface area contributed by atoms with E-state index in [-0.39, 0.29) is 89.0 Å². The first kappa shape index (κ1) is 86.6. The molecule has 9 N–H and O–H groups in total. The maximum atomic E-state index is 12.1. The highest BCUT2D eigenvalue weighted by atomic mass is 35.5. The number of halogens is 5. The van der Waals surface area contributed by atoms with Gasteiger partial charge < -0.3 is 79.3 Å². The molecule has 0 aromatic heterocycles. The van der Waals surface area contributed by atoms with E-state index in [1.807, 2.05) is 196 Å². The molecule has 12 aromatic carbocycles. The average Bonchev–Trinajstić information content (AvgIpc) is 0.808. The average molecular weight is 1660 g/mol. The number of esters is 4. The molecular weight excluding hydrogens is 1580 g/mol. The Morgan fingerprint density at radius 1 is 0.296 bits per heavy atom. The summed E-state index contributed by atoms with van der Waals surface area (Å²) in [7, 11) is 4.87. The van der Waals surface area contributed by atoms with E-state index in [2.05, 4.69) is 5.32 Å². The number of hydrogen-bond acceptors (Lipinski definition) is 20. The van der Waals surface area contributed by atoms with Crippen LogP contribution >= 0.6 is 58.0 Å². The van der Waals surface area contributed by atoms with Gasteiger partial charge in [-0.15, -0.1) is 0 Å². The molecule has 25 heteroatoms. The fourth-order valence-electron chi connectivity index (χ4n) is 12.2. The number of aryl methyl sites for hydroxylation is 6. The van der Waals surface area contributed by atoms with Crippen molar-refractivity contribution in [2.75, 3.05) is 33.8 Å². The molecule has 594 valence electrons. The zero-order valence-corrected chi connectivity index (χ0v) is 66.8. The highest BCUT2D eigenvalue weighted by Gasteiger charge is 2.28. The molecule has 0 saturated carbocycles. The minimum atomic E-state index is -0.736. The van der Waals surface area contributed by atoms with Crippen molar-refractivity contribution in [2.24, 2.45) is 0 Å². The molecule has 0 spiro atoms. The predicted octanol–water partition coefficient (Wildman–Crippen LogP) is 21.7. The number of benzene rings is 12. The van der Waals surface area contributed by atoms with Crippen molar-refractivity contribution in [2.45, 2.75) is 65.2 Å². The van der Waals surface area contributed by atoms with Gasteiger partial charge in [0.2, 0.25) is 0 Å². The van der Waals surface area contributed by atoms with Gasteiger partial charge in [0.15, 0.2) is 0 Å². The van der Waals surface area contributed by atoms with Gasteiger partial charge in [-0.1, -0.05) is 191 Å². The number of anilines is 2. The predicted molar refractivity (Wildman–Crippen MR) is 444 cm³/mol. The Bertz CT molecular complexity index is 5450. The first-order chi connectivity index (χ1) is 55.2. The van der Waals surface area contributed by atoms with Gasteiger partial charge in [0.1, 0.15) is 103 Å². The van der Waals surface area contributed by atoms with Crippen LogP contribution in [0, 0.1) is 13.8 Å². The Hall–Kier alpha value is -12.4. The molecule has 0 aliphatic heterocycles. The van der Waals surface area contributed by atoms with Gasteiger partial charge in [-0.3, -0.25) is 0 Å². The number of carbonyl (C=O) groups excluding carboxylic acids is 4. The molecule has 0 aliphatic carbocycles. The van der Waals surface area contributed by atoms with Crippen LogP contribution in [0.25, 0.3) is 0 Å². The van der Waals surface area contributed by atoms with Crippen molar-refractivity contribution < 1.29 is 93.2 Å². The van der Waals surface area contributed by atoms with Gasteiger partial charge >= 0.3 is 23.9 Å². The van der Waals surface area contributed by atoms with E-state index in [0.29, 0.717) is 101 Å². The molecule has 0 aliphatic rings. The third-order valence-electron chi connectivity index (χ3n) is 17.9. The van der Waals surface area contributed by atoms with Crippen molar-refractivity contribution in [3.63, 3.8) is 0 Å². The molecular formula is C90H80Cl5NO19. The molecule has 20 nitrogen and oxygen atoms in total. The summed E-state index contributed by atoms with van der Waals surface area (Å²) in [6, 6.07) is 66.7. The molecule has 0 heterocycles. The summed E-state index contributed by atoms with van der Waals surface area (Å²) in [6.45, 7) is 3.99. The number of rotatable bonds is 24. The topological polar surface area (TPSA) is 307 Å². The normalized spacial score (nSPS) is 10.6. The fraction of sp³-hybridized carbons (Fsp3) is 0.156. The first-order valence-electron chi connectivity index (χ1n) is 35.6. The third kappa shape index (κ3) is 22.7. The summed E-state index contributed by atoms with van der Waals surface area (Å²) < 4.78 is 37.0. The molecule has 0 fully saturated rings. The SMILES string of the molecule is COC(=O)c1c(O)cc(O)c(Cl)c1CCc1ccccc1Nc1ccccc1.COC(=O)c1c(O)cc(O)c(Cl)c1CCc1ccccc1Oc1ccc(C)cc1.COC(=O)c1c(O)cc(O)c(Cl)c1CCc1ccccc1Oc1cccc(C)c1.COC(=O)c1c(O)cc(O)c(Cl)c1CCc1ccccc1Oc1ccccc1Cl. The summed E-state index contributed by atoms with van der Waals surface area (Å²) in [5.41, 5.74) is 8.82. The zero-order chi connectivity index (χ0) is 83.0. The maximum Gasteiger partial charge on any atom is 0.341 e. The van der Waals surface area contributed by atoms with Crippen molar-refractivity contribution in [3.05, 3.63) is 327 Å². The molecule has 0 atom stereocenters. The molecule has 0 amide bonds. The fourth-order valence-corrected chi connectivity index (χ4v) is 13.3. The van der Waals surface area contributed by atoms with Crippen LogP contribution in [0.3, 0.4) is 0 Å². The maximum absolute atomic E-state index is 12.1. The second kappa shape index (κ2) is 41.4. The van der Waals surface area contributed by atoms with Crippen LogP contribution in [0.4, 0.5) is 11.4 Å². The number of methoxy groups -OCH3 is 4. The molecule has 12 rings (SSSR count). The van der Waals surface area contributed by atoms with Crippen LogP contribution < -0.4 is 19.5 Å². The number of phenols is 8. The van der Waals surface area contributed by atoms with Gasteiger partial charge in [0.05, 0.1) is 53.6 Å². The number of aromatic hydroxyl groups is 8. The van der Waals surface area contributed by atoms with Crippen LogP contribution in [-0.2, 0) is 70.3 Å². The lowest BCUT2D eigenvalue weighted by Crippen LogP contribution is -2.08. The van der Waals surface area contributed by atoms with Crippen molar-refractivity contribution in [1.29, 1.82) is 0 Å². The Balaban J connectivity index is 0.000000175. The summed E-state index contributed by atoms with van der Waals surface area (Å²) >= 11 is 31.1. The summed E-state index contributed by atoms with van der Waals surface area (Å²) in [6.07, 6.45) is 3.06. The second-order valence-electron chi connectivity index (χ2n) is 25.6.